The number of unbranched alkanes of at least 4 members (excludes halogenated alkanes) is 1. The SMILES string of the molecule is CC1CCC2(C)C(=CCC3C2CCC2(C)C(CCCCC(C)(C)O)CCC32)C1. The first-order valence-electron chi connectivity index (χ1n) is 12.6. The molecule has 0 spiro atoms. The summed E-state index contributed by atoms with van der Waals surface area (Å²) in [6.45, 7) is 11.7. The van der Waals surface area contributed by atoms with Crippen molar-refractivity contribution in [1.82, 2.24) is 0 Å². The molecule has 7 unspecified atom stereocenters. The quantitative estimate of drug-likeness (QED) is 0.382. The average Bonchev–Trinajstić information content (AvgIpc) is 2.95. The minimum Gasteiger partial charge on any atom is -0.390 e. The van der Waals surface area contributed by atoms with Crippen molar-refractivity contribution < 1.29 is 5.11 Å². The first-order chi connectivity index (χ1) is 13.1. The molecule has 0 aliphatic heterocycles. The molecule has 0 saturated heterocycles. The topological polar surface area (TPSA) is 20.2 Å². The maximum absolute atomic E-state index is 10.0. The van der Waals surface area contributed by atoms with Crippen LogP contribution in [0.2, 0.25) is 0 Å². The summed E-state index contributed by atoms with van der Waals surface area (Å²) in [6, 6.07) is 0. The van der Waals surface area contributed by atoms with Gasteiger partial charge in [-0.05, 0) is 118 Å². The molecule has 28 heavy (non-hydrogen) atoms. The minimum atomic E-state index is -0.487. The molecule has 0 aromatic carbocycles. The minimum absolute atomic E-state index is 0.487. The van der Waals surface area contributed by atoms with Crippen LogP contribution in [0.4, 0.5) is 0 Å². The van der Waals surface area contributed by atoms with Crippen molar-refractivity contribution in [3.63, 3.8) is 0 Å². The van der Waals surface area contributed by atoms with Crippen LogP contribution in [0.5, 0.6) is 0 Å². The van der Waals surface area contributed by atoms with Gasteiger partial charge in [-0.1, -0.05) is 45.3 Å². The van der Waals surface area contributed by atoms with Crippen LogP contribution in [0.15, 0.2) is 11.6 Å². The number of allylic oxidation sites excluding steroid dienone is 2. The summed E-state index contributed by atoms with van der Waals surface area (Å²) in [5.41, 5.74) is 2.48. The van der Waals surface area contributed by atoms with E-state index in [4.69, 9.17) is 0 Å². The normalized spacial score (nSPS) is 45.8. The second-order valence-electron chi connectivity index (χ2n) is 12.5. The molecule has 4 aliphatic carbocycles. The van der Waals surface area contributed by atoms with Crippen molar-refractivity contribution in [2.75, 3.05) is 0 Å². The summed E-state index contributed by atoms with van der Waals surface area (Å²) in [5, 5.41) is 10.0. The zero-order valence-electron chi connectivity index (χ0n) is 19.4. The number of rotatable bonds is 5. The maximum Gasteiger partial charge on any atom is 0.0591 e. The molecule has 160 valence electrons. The molecule has 0 radical (unpaired) electrons. The van der Waals surface area contributed by atoms with Crippen molar-refractivity contribution in [3.05, 3.63) is 11.6 Å². The smallest absolute Gasteiger partial charge is 0.0591 e. The number of fused-ring (bicyclic) bond motifs is 5. The molecule has 0 aromatic rings. The Kier molecular flexibility index (Phi) is 5.56. The van der Waals surface area contributed by atoms with E-state index in [0.717, 1.165) is 36.0 Å². The van der Waals surface area contributed by atoms with Gasteiger partial charge in [-0.3, -0.25) is 0 Å². The van der Waals surface area contributed by atoms with Gasteiger partial charge < -0.3 is 5.11 Å². The molecule has 3 saturated carbocycles. The predicted molar refractivity (Wildman–Crippen MR) is 119 cm³/mol. The standard InChI is InChI=1S/C27H46O/c1-19-13-16-27(5)21(18-19)9-11-22-23-12-10-20(8-6-7-15-25(2,3)28)26(23,4)17-14-24(22)27/h9,19-20,22-24,28H,6-8,10-18H2,1-5H3. The molecular formula is C27H46O. The number of hydrogen-bond donors (Lipinski definition) is 1. The van der Waals surface area contributed by atoms with Gasteiger partial charge in [-0.2, -0.15) is 0 Å². The molecule has 0 aromatic heterocycles. The van der Waals surface area contributed by atoms with Crippen molar-refractivity contribution in [3.8, 4) is 0 Å². The molecule has 3 fully saturated rings. The largest absolute Gasteiger partial charge is 0.390 e. The summed E-state index contributed by atoms with van der Waals surface area (Å²) in [6.07, 6.45) is 19.2. The zero-order chi connectivity index (χ0) is 20.2. The molecular weight excluding hydrogens is 340 g/mol. The lowest BCUT2D eigenvalue weighted by Gasteiger charge is -2.58. The van der Waals surface area contributed by atoms with Crippen LogP contribution in [0.3, 0.4) is 0 Å². The van der Waals surface area contributed by atoms with Gasteiger partial charge in [0.15, 0.2) is 0 Å². The van der Waals surface area contributed by atoms with Crippen LogP contribution in [0.25, 0.3) is 0 Å². The van der Waals surface area contributed by atoms with Crippen molar-refractivity contribution in [2.24, 2.45) is 40.4 Å². The third-order valence-electron chi connectivity index (χ3n) is 10.1. The Bertz CT molecular complexity index is 598. The highest BCUT2D eigenvalue weighted by Gasteiger charge is 2.58. The highest BCUT2D eigenvalue weighted by Crippen LogP contribution is 2.67. The summed E-state index contributed by atoms with van der Waals surface area (Å²) in [5.74, 6) is 4.74. The van der Waals surface area contributed by atoms with Crippen LogP contribution in [-0.2, 0) is 0 Å². The Balaban J connectivity index is 1.43. The third-order valence-corrected chi connectivity index (χ3v) is 10.1. The molecule has 4 aliphatic rings. The van der Waals surface area contributed by atoms with E-state index in [1.165, 1.54) is 70.6 Å². The van der Waals surface area contributed by atoms with Crippen molar-refractivity contribution >= 4 is 0 Å². The van der Waals surface area contributed by atoms with Crippen molar-refractivity contribution in [2.45, 2.75) is 117 Å². The Morgan fingerprint density at radius 2 is 1.82 bits per heavy atom. The Hall–Kier alpha value is -0.300. The van der Waals surface area contributed by atoms with E-state index in [0.29, 0.717) is 10.8 Å². The van der Waals surface area contributed by atoms with Crippen LogP contribution in [-0.4, -0.2) is 10.7 Å². The molecule has 0 amide bonds. The van der Waals surface area contributed by atoms with E-state index in [1.807, 2.05) is 19.4 Å². The van der Waals surface area contributed by atoms with Gasteiger partial charge in [0.1, 0.15) is 0 Å². The fourth-order valence-corrected chi connectivity index (χ4v) is 8.37. The predicted octanol–water partition coefficient (Wildman–Crippen LogP) is 7.53. The summed E-state index contributed by atoms with van der Waals surface area (Å²) >= 11 is 0. The van der Waals surface area contributed by atoms with Gasteiger partial charge in [0.2, 0.25) is 0 Å². The fourth-order valence-electron chi connectivity index (χ4n) is 8.37. The van der Waals surface area contributed by atoms with Gasteiger partial charge in [-0.25, -0.2) is 0 Å². The lowest BCUT2D eigenvalue weighted by Crippen LogP contribution is -2.49. The van der Waals surface area contributed by atoms with E-state index in [-0.39, 0.29) is 0 Å². The first-order valence-corrected chi connectivity index (χ1v) is 12.6. The third kappa shape index (κ3) is 3.63. The van der Waals surface area contributed by atoms with E-state index >= 15 is 0 Å². The van der Waals surface area contributed by atoms with Gasteiger partial charge in [-0.15, -0.1) is 0 Å². The fraction of sp³-hybridized carbons (Fsp3) is 0.926. The van der Waals surface area contributed by atoms with E-state index in [9.17, 15) is 5.11 Å². The van der Waals surface area contributed by atoms with Gasteiger partial charge in [0.25, 0.3) is 0 Å². The number of hydrogen-bond acceptors (Lipinski definition) is 1. The highest BCUT2D eigenvalue weighted by atomic mass is 16.3. The first kappa shape index (κ1) is 21.0. The summed E-state index contributed by atoms with van der Waals surface area (Å²) in [4.78, 5) is 0. The van der Waals surface area contributed by atoms with E-state index < -0.39 is 5.60 Å². The molecule has 7 atom stereocenters. The Labute approximate surface area is 174 Å². The monoisotopic (exact) mass is 386 g/mol. The van der Waals surface area contributed by atoms with Crippen LogP contribution in [0, 0.1) is 40.4 Å². The highest BCUT2D eigenvalue weighted by molar-refractivity contribution is 5.24. The second kappa shape index (κ2) is 7.44. The molecule has 4 rings (SSSR count). The summed E-state index contributed by atoms with van der Waals surface area (Å²) in [7, 11) is 0. The molecule has 0 bridgehead atoms. The van der Waals surface area contributed by atoms with Crippen LogP contribution < -0.4 is 0 Å². The van der Waals surface area contributed by atoms with Gasteiger partial charge in [0.05, 0.1) is 5.60 Å². The Morgan fingerprint density at radius 1 is 1.04 bits per heavy atom. The lowest BCUT2D eigenvalue weighted by molar-refractivity contribution is -0.0452. The van der Waals surface area contributed by atoms with Gasteiger partial charge >= 0.3 is 0 Å². The molecule has 0 heterocycles. The lowest BCUT2D eigenvalue weighted by atomic mass is 9.47. The average molecular weight is 387 g/mol. The molecule has 1 heteroatoms. The van der Waals surface area contributed by atoms with E-state index in [1.54, 1.807) is 0 Å². The maximum atomic E-state index is 10.0. The van der Waals surface area contributed by atoms with Gasteiger partial charge in [0, 0.05) is 0 Å². The van der Waals surface area contributed by atoms with Crippen LogP contribution >= 0.6 is 0 Å². The van der Waals surface area contributed by atoms with E-state index in [2.05, 4.69) is 26.8 Å². The summed E-state index contributed by atoms with van der Waals surface area (Å²) < 4.78 is 0. The van der Waals surface area contributed by atoms with Crippen molar-refractivity contribution in [1.29, 1.82) is 0 Å². The second-order valence-corrected chi connectivity index (χ2v) is 12.5. The Morgan fingerprint density at radius 3 is 2.57 bits per heavy atom. The number of aliphatic hydroxyl groups is 1. The van der Waals surface area contributed by atoms with Crippen LogP contribution in [0.1, 0.15) is 112 Å². The molecule has 1 nitrogen and oxygen atoms in total. The molecule has 1 N–H and O–H groups in total. The zero-order valence-corrected chi connectivity index (χ0v) is 19.4.